The second-order valence-electron chi connectivity index (χ2n) is 3.51. The van der Waals surface area contributed by atoms with Crippen molar-refractivity contribution in [3.63, 3.8) is 0 Å². The van der Waals surface area contributed by atoms with Crippen LogP contribution in [0.4, 0.5) is 0 Å². The standard InChI is InChI=1S/C10H12N6OS/c1-16-6-13-14-10(16)18-5-7-3-2-4-12-8(7)9(11)15-17/h2-4,6,17H,5H2,1H3,(H2,11,15). The highest BCUT2D eigenvalue weighted by atomic mass is 32.2. The number of nitrogens with two attached hydrogens (primary N) is 1. The molecule has 94 valence electrons. The van der Waals surface area contributed by atoms with Gasteiger partial charge in [0.1, 0.15) is 12.0 Å². The lowest BCUT2D eigenvalue weighted by Crippen LogP contribution is -2.17. The Bertz CT molecular complexity index is 567. The van der Waals surface area contributed by atoms with Crippen LogP contribution in [0, 0.1) is 0 Å². The van der Waals surface area contributed by atoms with E-state index in [-0.39, 0.29) is 5.84 Å². The van der Waals surface area contributed by atoms with E-state index in [9.17, 15) is 0 Å². The van der Waals surface area contributed by atoms with Crippen LogP contribution in [-0.2, 0) is 12.8 Å². The average molecular weight is 264 g/mol. The topological polar surface area (TPSA) is 102 Å². The van der Waals surface area contributed by atoms with Crippen LogP contribution in [0.25, 0.3) is 0 Å². The fourth-order valence-electron chi connectivity index (χ4n) is 1.38. The summed E-state index contributed by atoms with van der Waals surface area (Å²) in [5.74, 6) is 0.621. The molecule has 0 saturated heterocycles. The third-order valence-corrected chi connectivity index (χ3v) is 3.35. The van der Waals surface area contributed by atoms with E-state index >= 15 is 0 Å². The molecule has 0 spiro atoms. The zero-order valence-corrected chi connectivity index (χ0v) is 10.5. The first-order chi connectivity index (χ1) is 8.72. The van der Waals surface area contributed by atoms with E-state index in [0.717, 1.165) is 10.7 Å². The molecule has 0 atom stereocenters. The first kappa shape index (κ1) is 12.4. The van der Waals surface area contributed by atoms with E-state index < -0.39 is 0 Å². The zero-order valence-electron chi connectivity index (χ0n) is 9.69. The first-order valence-corrected chi connectivity index (χ1v) is 6.09. The molecule has 18 heavy (non-hydrogen) atoms. The summed E-state index contributed by atoms with van der Waals surface area (Å²) in [5, 5.41) is 20.2. The second kappa shape index (κ2) is 5.50. The SMILES string of the molecule is Cn1cnnc1SCc1cccnc1C(N)=NO. The van der Waals surface area contributed by atoms with E-state index in [1.54, 1.807) is 18.6 Å². The minimum Gasteiger partial charge on any atom is -0.409 e. The van der Waals surface area contributed by atoms with Crippen LogP contribution in [0.15, 0.2) is 35.0 Å². The number of nitrogens with zero attached hydrogens (tertiary/aromatic N) is 5. The monoisotopic (exact) mass is 264 g/mol. The van der Waals surface area contributed by atoms with Gasteiger partial charge in [-0.15, -0.1) is 10.2 Å². The molecule has 2 aromatic rings. The predicted molar refractivity (Wildman–Crippen MR) is 67.3 cm³/mol. The predicted octanol–water partition coefficient (Wildman–Crippen LogP) is 0.597. The maximum absolute atomic E-state index is 8.70. The third-order valence-electron chi connectivity index (χ3n) is 2.27. The van der Waals surface area contributed by atoms with Crippen molar-refractivity contribution >= 4 is 17.6 Å². The number of aryl methyl sites for hydroxylation is 1. The number of hydrogen-bond donors (Lipinski definition) is 2. The molecule has 0 unspecified atom stereocenters. The minimum absolute atomic E-state index is 0.00386. The van der Waals surface area contributed by atoms with Gasteiger partial charge in [-0.25, -0.2) is 0 Å². The zero-order chi connectivity index (χ0) is 13.0. The largest absolute Gasteiger partial charge is 0.409 e. The first-order valence-electron chi connectivity index (χ1n) is 5.11. The summed E-state index contributed by atoms with van der Waals surface area (Å²) in [6, 6.07) is 3.68. The quantitative estimate of drug-likeness (QED) is 0.275. The molecule has 0 saturated carbocycles. The summed E-state index contributed by atoms with van der Waals surface area (Å²) in [7, 11) is 1.87. The molecule has 2 heterocycles. The molecule has 0 amide bonds. The van der Waals surface area contributed by atoms with Crippen molar-refractivity contribution in [1.29, 1.82) is 0 Å². The summed E-state index contributed by atoms with van der Waals surface area (Å²) in [4.78, 5) is 4.10. The molecule has 0 aliphatic heterocycles. The van der Waals surface area contributed by atoms with Gasteiger partial charge < -0.3 is 15.5 Å². The lowest BCUT2D eigenvalue weighted by molar-refractivity contribution is 0.318. The average Bonchev–Trinajstić information content (AvgIpc) is 2.81. The highest BCUT2D eigenvalue weighted by Crippen LogP contribution is 2.21. The number of amidine groups is 1. The highest BCUT2D eigenvalue weighted by molar-refractivity contribution is 7.98. The van der Waals surface area contributed by atoms with Crippen LogP contribution < -0.4 is 5.73 Å². The van der Waals surface area contributed by atoms with Gasteiger partial charge >= 0.3 is 0 Å². The van der Waals surface area contributed by atoms with Crippen LogP contribution in [0.5, 0.6) is 0 Å². The fraction of sp³-hybridized carbons (Fsp3) is 0.200. The number of rotatable bonds is 4. The Morgan fingerprint density at radius 2 is 2.44 bits per heavy atom. The third kappa shape index (κ3) is 2.59. The van der Waals surface area contributed by atoms with Crippen molar-refractivity contribution in [2.24, 2.45) is 17.9 Å². The van der Waals surface area contributed by atoms with Crippen LogP contribution in [0.3, 0.4) is 0 Å². The van der Waals surface area contributed by atoms with Crippen LogP contribution >= 0.6 is 11.8 Å². The van der Waals surface area contributed by atoms with E-state index in [2.05, 4.69) is 20.3 Å². The Morgan fingerprint density at radius 3 is 3.11 bits per heavy atom. The van der Waals surface area contributed by atoms with Gasteiger partial charge in [0, 0.05) is 19.0 Å². The van der Waals surface area contributed by atoms with Gasteiger partial charge in [-0.3, -0.25) is 4.98 Å². The molecule has 7 nitrogen and oxygen atoms in total. The van der Waals surface area contributed by atoms with Crippen LogP contribution in [-0.4, -0.2) is 30.8 Å². The Labute approximate surface area is 108 Å². The Morgan fingerprint density at radius 1 is 1.61 bits per heavy atom. The summed E-state index contributed by atoms with van der Waals surface area (Å²) in [6.45, 7) is 0. The molecular formula is C10H12N6OS. The Balaban J connectivity index is 2.17. The van der Waals surface area contributed by atoms with Gasteiger partial charge in [-0.2, -0.15) is 0 Å². The molecule has 0 bridgehead atoms. The molecule has 3 N–H and O–H groups in total. The minimum atomic E-state index is 0.00386. The molecule has 0 radical (unpaired) electrons. The second-order valence-corrected chi connectivity index (χ2v) is 4.45. The van der Waals surface area contributed by atoms with Crippen molar-refractivity contribution in [3.05, 3.63) is 35.9 Å². The summed E-state index contributed by atoms with van der Waals surface area (Å²) in [6.07, 6.45) is 3.24. The molecule has 2 aromatic heterocycles. The van der Waals surface area contributed by atoms with E-state index in [1.807, 2.05) is 17.7 Å². The maximum Gasteiger partial charge on any atom is 0.191 e. The van der Waals surface area contributed by atoms with Crippen molar-refractivity contribution in [2.45, 2.75) is 10.9 Å². The van der Waals surface area contributed by atoms with E-state index in [1.165, 1.54) is 11.8 Å². The molecule has 8 heteroatoms. The molecular weight excluding hydrogens is 252 g/mol. The normalized spacial score (nSPS) is 11.7. The van der Waals surface area contributed by atoms with E-state index in [0.29, 0.717) is 11.4 Å². The van der Waals surface area contributed by atoms with Gasteiger partial charge in [0.2, 0.25) is 0 Å². The number of oxime groups is 1. The molecule has 0 aliphatic rings. The van der Waals surface area contributed by atoms with Gasteiger partial charge in [0.05, 0.1) is 0 Å². The van der Waals surface area contributed by atoms with Crippen molar-refractivity contribution < 1.29 is 5.21 Å². The smallest absolute Gasteiger partial charge is 0.191 e. The number of pyridine rings is 1. The summed E-state index contributed by atoms with van der Waals surface area (Å²) < 4.78 is 1.82. The van der Waals surface area contributed by atoms with Gasteiger partial charge in [0.15, 0.2) is 11.0 Å². The van der Waals surface area contributed by atoms with Crippen LogP contribution in [0.2, 0.25) is 0 Å². The summed E-state index contributed by atoms with van der Waals surface area (Å²) in [5.41, 5.74) is 6.93. The van der Waals surface area contributed by atoms with Crippen LogP contribution in [0.1, 0.15) is 11.3 Å². The number of aromatic nitrogens is 4. The lowest BCUT2D eigenvalue weighted by Gasteiger charge is -2.06. The lowest BCUT2D eigenvalue weighted by atomic mass is 10.2. The maximum atomic E-state index is 8.70. The van der Waals surface area contributed by atoms with Gasteiger partial charge in [0.25, 0.3) is 0 Å². The van der Waals surface area contributed by atoms with Gasteiger partial charge in [-0.1, -0.05) is 23.0 Å². The van der Waals surface area contributed by atoms with Crippen molar-refractivity contribution in [3.8, 4) is 0 Å². The van der Waals surface area contributed by atoms with E-state index in [4.69, 9.17) is 10.9 Å². The molecule has 0 aliphatic carbocycles. The fourth-order valence-corrected chi connectivity index (χ4v) is 2.25. The number of hydrogen-bond acceptors (Lipinski definition) is 6. The Hall–Kier alpha value is -2.09. The highest BCUT2D eigenvalue weighted by Gasteiger charge is 2.10. The summed E-state index contributed by atoms with van der Waals surface area (Å²) >= 11 is 1.51. The molecule has 0 aromatic carbocycles. The van der Waals surface area contributed by atoms with Gasteiger partial charge in [-0.05, 0) is 11.6 Å². The Kier molecular flexibility index (Phi) is 3.78. The van der Waals surface area contributed by atoms with Crippen molar-refractivity contribution in [2.75, 3.05) is 0 Å². The number of thioether (sulfide) groups is 1. The van der Waals surface area contributed by atoms with Crippen molar-refractivity contribution in [1.82, 2.24) is 19.7 Å². The molecule has 2 rings (SSSR count). The molecule has 0 fully saturated rings.